The van der Waals surface area contributed by atoms with Gasteiger partial charge < -0.3 is 61.6 Å². The van der Waals surface area contributed by atoms with Gasteiger partial charge in [-0.15, -0.1) is 0 Å². The van der Waals surface area contributed by atoms with Crippen molar-refractivity contribution in [1.82, 2.24) is 0 Å². The fourth-order valence-electron chi connectivity index (χ4n) is 19.5. The summed E-state index contributed by atoms with van der Waals surface area (Å²) in [7, 11) is 3.71. The Kier molecular flexibility index (Phi) is 19.6. The van der Waals surface area contributed by atoms with Crippen molar-refractivity contribution in [2.45, 2.75) is 252 Å². The summed E-state index contributed by atoms with van der Waals surface area (Å²) in [5, 5.41) is 4.39. The number of rotatable bonds is 19. The molecule has 0 N–H and O–H groups in total. The van der Waals surface area contributed by atoms with Crippen LogP contribution >= 0.6 is 0 Å². The van der Waals surface area contributed by atoms with Gasteiger partial charge in [0.25, 0.3) is 0 Å². The molecule has 9 aliphatic rings. The van der Waals surface area contributed by atoms with Gasteiger partial charge in [-0.2, -0.15) is 0 Å². The van der Waals surface area contributed by atoms with E-state index in [1.54, 1.807) is 7.11 Å². The van der Waals surface area contributed by atoms with Crippen LogP contribution in [0.15, 0.2) is 108 Å². The molecule has 8 fully saturated rings. The third kappa shape index (κ3) is 12.3. The number of hydrogen-bond acceptors (Lipinski definition) is 15. The van der Waals surface area contributed by atoms with Crippen LogP contribution in [-0.2, 0) is 86.2 Å². The summed E-state index contributed by atoms with van der Waals surface area (Å²) in [4.78, 5) is 19.9. The van der Waals surface area contributed by atoms with Gasteiger partial charge in [0.1, 0.15) is 35.9 Å². The van der Waals surface area contributed by atoms with E-state index in [0.29, 0.717) is 50.4 Å². The van der Waals surface area contributed by atoms with E-state index < -0.39 is 90.9 Å². The highest BCUT2D eigenvalue weighted by Gasteiger charge is 2.73. The summed E-state index contributed by atoms with van der Waals surface area (Å²) in [6.07, 6.45) is 1.68. The van der Waals surface area contributed by atoms with Gasteiger partial charge in [0.15, 0.2) is 18.4 Å². The lowest BCUT2D eigenvalue weighted by molar-refractivity contribution is -0.354. The summed E-state index contributed by atoms with van der Waals surface area (Å²) >= 11 is 0. The van der Waals surface area contributed by atoms with Gasteiger partial charge in [0.05, 0.1) is 69.1 Å². The summed E-state index contributed by atoms with van der Waals surface area (Å²) in [6.45, 7) is 28.1. The molecule has 12 rings (SSSR count). The maximum atomic E-state index is 16.5. The van der Waals surface area contributed by atoms with Crippen LogP contribution in [0.5, 0.6) is 0 Å². The summed E-state index contributed by atoms with van der Waals surface area (Å²) in [5.41, 5.74) is 13.1. The Morgan fingerprint density at radius 1 is 0.674 bits per heavy atom. The van der Waals surface area contributed by atoms with Crippen molar-refractivity contribution < 1.29 is 66.4 Å². The Balaban J connectivity index is 0.839. The zero-order valence-corrected chi connectivity index (χ0v) is 57.2. The molecule has 3 aromatic carbocycles. The van der Waals surface area contributed by atoms with Gasteiger partial charge in [-0.05, 0) is 159 Å². The van der Waals surface area contributed by atoms with Crippen molar-refractivity contribution in [2.75, 3.05) is 27.4 Å². The Morgan fingerprint density at radius 3 is 1.97 bits per heavy atom. The molecular formula is C75H105N3O14. The summed E-state index contributed by atoms with van der Waals surface area (Å²) in [5.74, 6) is -1.22. The molecule has 5 aliphatic carbocycles. The van der Waals surface area contributed by atoms with Crippen LogP contribution < -0.4 is 0 Å². The molecule has 0 aromatic heterocycles. The van der Waals surface area contributed by atoms with Crippen LogP contribution in [0, 0.1) is 62.6 Å². The van der Waals surface area contributed by atoms with Gasteiger partial charge in [0, 0.05) is 25.0 Å². The highest BCUT2D eigenvalue weighted by atomic mass is 16.8. The third-order valence-electron chi connectivity index (χ3n) is 25.1. The molecule has 504 valence electrons. The number of hydrogen-bond donors (Lipinski definition) is 0. The second kappa shape index (κ2) is 26.6. The smallest absolute Gasteiger partial charge is 0.317 e. The second-order valence-electron chi connectivity index (χ2n) is 31.1. The van der Waals surface area contributed by atoms with E-state index in [1.165, 1.54) is 12.0 Å². The van der Waals surface area contributed by atoms with Crippen LogP contribution in [0.4, 0.5) is 0 Å². The number of methoxy groups -OCH3 is 2. The average molecular weight is 1270 g/mol. The van der Waals surface area contributed by atoms with E-state index in [1.807, 2.05) is 114 Å². The predicted octanol–water partition coefficient (Wildman–Crippen LogP) is 14.4. The molecule has 4 saturated heterocycles. The first-order valence-electron chi connectivity index (χ1n) is 34.5. The minimum absolute atomic E-state index is 0.0467. The van der Waals surface area contributed by atoms with Gasteiger partial charge >= 0.3 is 5.97 Å². The third-order valence-corrected chi connectivity index (χ3v) is 25.1. The lowest BCUT2D eigenvalue weighted by Gasteiger charge is -2.72. The largest absolute Gasteiger partial charge is 0.432 e. The maximum Gasteiger partial charge on any atom is 0.317 e. The Labute approximate surface area is 546 Å². The van der Waals surface area contributed by atoms with Crippen LogP contribution in [-0.4, -0.2) is 125 Å². The lowest BCUT2D eigenvalue weighted by atomic mass is 9.33. The molecule has 13 unspecified atom stereocenters. The van der Waals surface area contributed by atoms with Crippen molar-refractivity contribution in [1.29, 1.82) is 0 Å². The van der Waals surface area contributed by atoms with E-state index in [2.05, 4.69) is 83.6 Å². The molecule has 0 spiro atoms. The number of azide groups is 1. The molecule has 4 aliphatic heterocycles. The average Bonchev–Trinajstić information content (AvgIpc) is 0.745. The Morgan fingerprint density at radius 2 is 1.32 bits per heavy atom. The van der Waals surface area contributed by atoms with E-state index in [0.717, 1.165) is 55.2 Å². The first kappa shape index (κ1) is 67.7. The SMILES string of the molecule is COC1C[C@]2(C)C(=CCC3C4(C)CC[C@H](C)[C@](C)(OC)[C@@H]4CCC32C)C2CC(C)(C)CC[C@]12C(=O)O[C@@H]1OC(COCc2ccccc2)[C@H](N=[N+]=[N-])C(C)C1O[C@@H]1OC(C)[C@H](O[C@@H]2OC[C@@H](OCc3ccccc3)C(OCc3ccccc3)C2C)C2OC(C)(C)OC21. The van der Waals surface area contributed by atoms with Crippen molar-refractivity contribution in [3.05, 3.63) is 130 Å². The summed E-state index contributed by atoms with van der Waals surface area (Å²) < 4.78 is 88.9. The number of esters is 1. The Bertz CT molecular complexity index is 3100. The number of benzene rings is 3. The van der Waals surface area contributed by atoms with E-state index in [9.17, 15) is 5.53 Å². The minimum atomic E-state index is -1.31. The standard InChI is InChI=1S/C75H105N3O14/c1-45-32-34-71(9)56-31-30-52-53-38-69(5,6)36-37-75(53,58(80-13)39-73(52,11)72(56,10)35-33-57(71)74(45,12)81-14)68(79)90-66-61(46(2)59(77-78-76)54(87-66)43-82-40-49-24-18-15-19-25-49)88-67-64-63(91-70(7,8)92-64)62(48(4)86-67)89-65-47(3)60(84-42-51-28-22-17-23-29-51)55(44-85-65)83-41-50-26-20-16-21-27-50/h15-30,45-48,53-67H,31-44H2,1-14H3/t45-,46?,47?,48?,53?,54?,55+,56?,57+,58?,59+,60?,61?,62-,63?,64?,65-,66-,67-,71?,72?,73+,74-,75+/m0/s1. The molecule has 0 amide bonds. The van der Waals surface area contributed by atoms with E-state index >= 15 is 4.79 Å². The highest BCUT2D eigenvalue weighted by Crippen LogP contribution is 2.76. The number of carbonyl (C=O) groups is 1. The normalized spacial score (nSPS) is 43.5. The maximum absolute atomic E-state index is 16.5. The lowest BCUT2D eigenvalue weighted by Crippen LogP contribution is -2.69. The fourth-order valence-corrected chi connectivity index (χ4v) is 19.5. The van der Waals surface area contributed by atoms with Crippen molar-refractivity contribution in [3.63, 3.8) is 0 Å². The molecule has 0 radical (unpaired) electrons. The van der Waals surface area contributed by atoms with E-state index in [-0.39, 0.29) is 64.4 Å². The summed E-state index contributed by atoms with van der Waals surface area (Å²) in [6, 6.07) is 29.3. The second-order valence-corrected chi connectivity index (χ2v) is 31.1. The van der Waals surface area contributed by atoms with Gasteiger partial charge in [-0.25, -0.2) is 0 Å². The number of carbonyl (C=O) groups excluding carboxylic acids is 1. The molecule has 17 heteroatoms. The number of allylic oxidation sites excluding steroid dienone is 2. The monoisotopic (exact) mass is 1270 g/mol. The van der Waals surface area contributed by atoms with E-state index in [4.69, 9.17) is 61.6 Å². The van der Waals surface area contributed by atoms with Crippen molar-refractivity contribution in [3.8, 4) is 0 Å². The van der Waals surface area contributed by atoms with Crippen molar-refractivity contribution >= 4 is 5.97 Å². The van der Waals surface area contributed by atoms with Crippen LogP contribution in [0.3, 0.4) is 0 Å². The first-order chi connectivity index (χ1) is 43.9. The predicted molar refractivity (Wildman–Crippen MR) is 346 cm³/mol. The fraction of sp³-hybridized carbons (Fsp3) is 0.720. The molecule has 17 nitrogen and oxygen atoms in total. The first-order valence-corrected chi connectivity index (χ1v) is 34.5. The quantitative estimate of drug-likeness (QED) is 0.0363. The molecule has 92 heavy (non-hydrogen) atoms. The van der Waals surface area contributed by atoms with Crippen LogP contribution in [0.1, 0.15) is 158 Å². The van der Waals surface area contributed by atoms with Crippen LogP contribution in [0.25, 0.3) is 10.4 Å². The Hall–Kier alpha value is -4.30. The zero-order valence-electron chi connectivity index (χ0n) is 57.2. The zero-order chi connectivity index (χ0) is 65.2. The topological polar surface area (TPSA) is 186 Å². The molecule has 0 bridgehead atoms. The molecule has 4 heterocycles. The molecule has 24 atom stereocenters. The van der Waals surface area contributed by atoms with Gasteiger partial charge in [0.2, 0.25) is 6.29 Å². The number of fused-ring (bicyclic) bond motifs is 8. The molecule has 4 saturated carbocycles. The van der Waals surface area contributed by atoms with Crippen LogP contribution in [0.2, 0.25) is 0 Å². The highest BCUT2D eigenvalue weighted by molar-refractivity contribution is 5.80. The molecular weight excluding hydrogens is 1170 g/mol. The number of ether oxygens (including phenoxy) is 13. The minimum Gasteiger partial charge on any atom is -0.432 e. The van der Waals surface area contributed by atoms with Gasteiger partial charge in [-0.3, -0.25) is 4.79 Å². The van der Waals surface area contributed by atoms with Gasteiger partial charge in [-0.1, -0.05) is 163 Å². The molecule has 3 aromatic rings. The number of nitrogens with zero attached hydrogens (tertiary/aromatic N) is 3. The van der Waals surface area contributed by atoms with Crippen molar-refractivity contribution in [2.24, 2.45) is 67.7 Å².